The average molecular weight is 346 g/mol. The van der Waals surface area contributed by atoms with E-state index in [0.29, 0.717) is 31.5 Å². The molecule has 1 aromatic carbocycles. The number of ether oxygens (including phenoxy) is 1. The zero-order chi connectivity index (χ0) is 18.7. The number of nitrogens with zero attached hydrogens (tertiary/aromatic N) is 2. The van der Waals surface area contributed by atoms with Crippen LogP contribution in [0.2, 0.25) is 0 Å². The van der Waals surface area contributed by atoms with Gasteiger partial charge in [0.2, 0.25) is 0 Å². The Morgan fingerprint density at radius 3 is 2.60 bits per heavy atom. The van der Waals surface area contributed by atoms with E-state index in [1.54, 1.807) is 29.2 Å². The van der Waals surface area contributed by atoms with Crippen molar-refractivity contribution in [2.24, 2.45) is 0 Å². The predicted molar refractivity (Wildman–Crippen MR) is 92.1 cm³/mol. The monoisotopic (exact) mass is 346 g/mol. The molecule has 1 N–H and O–H groups in total. The summed E-state index contributed by atoms with van der Waals surface area (Å²) in [4.78, 5) is 13.6. The molecule has 0 aromatic heterocycles. The predicted octanol–water partition coefficient (Wildman–Crippen LogP) is 3.47. The maximum atomic E-state index is 13.3. The lowest BCUT2D eigenvalue weighted by molar-refractivity contribution is -0.00827. The molecule has 1 saturated heterocycles. The minimum Gasteiger partial charge on any atom is -0.444 e. The van der Waals surface area contributed by atoms with Crippen molar-refractivity contribution in [2.75, 3.05) is 13.1 Å². The largest absolute Gasteiger partial charge is 0.444 e. The molecule has 134 valence electrons. The lowest BCUT2D eigenvalue weighted by Gasteiger charge is -2.37. The van der Waals surface area contributed by atoms with Crippen LogP contribution in [0.4, 0.5) is 9.18 Å². The maximum absolute atomic E-state index is 13.3. The fourth-order valence-electron chi connectivity index (χ4n) is 2.55. The number of hydrogen-bond acceptors (Lipinski definition) is 4. The van der Waals surface area contributed by atoms with Crippen molar-refractivity contribution in [1.82, 2.24) is 4.90 Å². The summed E-state index contributed by atoms with van der Waals surface area (Å²) in [5.41, 5.74) is -0.985. The molecule has 1 aliphatic heterocycles. The summed E-state index contributed by atoms with van der Waals surface area (Å²) in [6.07, 6.45) is 3.71. The van der Waals surface area contributed by atoms with Crippen molar-refractivity contribution in [3.8, 4) is 6.07 Å². The van der Waals surface area contributed by atoms with Gasteiger partial charge in [-0.2, -0.15) is 5.26 Å². The highest BCUT2D eigenvalue weighted by molar-refractivity contribution is 5.68. The standard InChI is InChI=1S/C19H23FN2O3/c1-18(2,3)25-17(23)22-10-8-19(24,9-11-22)7-6-14-4-5-16(20)15(12-14)13-21/h4-7,12,24H,8-11H2,1-3H3. The second-order valence-corrected chi connectivity index (χ2v) is 7.26. The molecule has 5 nitrogen and oxygen atoms in total. The van der Waals surface area contributed by atoms with Crippen LogP contribution < -0.4 is 0 Å². The molecule has 1 heterocycles. The first kappa shape index (κ1) is 18.9. The molecular weight excluding hydrogens is 323 g/mol. The van der Waals surface area contributed by atoms with E-state index in [0.717, 1.165) is 0 Å². The fraction of sp³-hybridized carbons (Fsp3) is 0.474. The van der Waals surface area contributed by atoms with Crippen LogP contribution >= 0.6 is 0 Å². The first-order valence-electron chi connectivity index (χ1n) is 8.21. The summed E-state index contributed by atoms with van der Waals surface area (Å²) < 4.78 is 18.7. The molecule has 0 saturated carbocycles. The molecule has 0 bridgehead atoms. The molecular formula is C19H23FN2O3. The van der Waals surface area contributed by atoms with Gasteiger partial charge in [0.05, 0.1) is 11.2 Å². The first-order valence-corrected chi connectivity index (χ1v) is 8.21. The number of aliphatic hydroxyl groups is 1. The highest BCUT2D eigenvalue weighted by Gasteiger charge is 2.33. The number of carbonyl (C=O) groups excluding carboxylic acids is 1. The topological polar surface area (TPSA) is 73.6 Å². The SMILES string of the molecule is CC(C)(C)OC(=O)N1CCC(O)(C=Cc2ccc(F)c(C#N)c2)CC1. The van der Waals surface area contributed by atoms with Gasteiger partial charge in [0.1, 0.15) is 17.5 Å². The fourth-order valence-corrected chi connectivity index (χ4v) is 2.55. The molecule has 0 aliphatic carbocycles. The number of likely N-dealkylation sites (tertiary alicyclic amines) is 1. The number of halogens is 1. The summed E-state index contributed by atoms with van der Waals surface area (Å²) in [7, 11) is 0. The van der Waals surface area contributed by atoms with Gasteiger partial charge in [-0.25, -0.2) is 9.18 Å². The van der Waals surface area contributed by atoms with E-state index in [1.807, 2.05) is 20.8 Å². The Labute approximate surface area is 147 Å². The van der Waals surface area contributed by atoms with Crippen LogP contribution in [0.3, 0.4) is 0 Å². The van der Waals surface area contributed by atoms with Gasteiger partial charge in [-0.3, -0.25) is 0 Å². The molecule has 1 amide bonds. The van der Waals surface area contributed by atoms with Crippen LogP contribution in [0.1, 0.15) is 44.7 Å². The maximum Gasteiger partial charge on any atom is 0.410 e. The van der Waals surface area contributed by atoms with E-state index in [-0.39, 0.29) is 11.7 Å². The second-order valence-electron chi connectivity index (χ2n) is 7.26. The summed E-state index contributed by atoms with van der Waals surface area (Å²) in [5.74, 6) is -0.566. The highest BCUT2D eigenvalue weighted by atomic mass is 19.1. The van der Waals surface area contributed by atoms with Crippen molar-refractivity contribution in [2.45, 2.75) is 44.8 Å². The number of amides is 1. The zero-order valence-electron chi connectivity index (χ0n) is 14.8. The van der Waals surface area contributed by atoms with Crippen molar-refractivity contribution in [1.29, 1.82) is 5.26 Å². The van der Waals surface area contributed by atoms with Gasteiger partial charge < -0.3 is 14.7 Å². The Morgan fingerprint density at radius 1 is 1.40 bits per heavy atom. The number of nitriles is 1. The Morgan fingerprint density at radius 2 is 2.04 bits per heavy atom. The van der Waals surface area contributed by atoms with E-state index < -0.39 is 17.0 Å². The first-order chi connectivity index (χ1) is 11.6. The minimum atomic E-state index is -1.04. The Bertz CT molecular complexity index is 708. The number of carbonyl (C=O) groups is 1. The molecule has 0 unspecified atom stereocenters. The van der Waals surface area contributed by atoms with Crippen LogP contribution in [0, 0.1) is 17.1 Å². The minimum absolute atomic E-state index is 0.0334. The van der Waals surface area contributed by atoms with Crippen molar-refractivity contribution >= 4 is 12.2 Å². The van der Waals surface area contributed by atoms with Crippen molar-refractivity contribution < 1.29 is 19.0 Å². The highest BCUT2D eigenvalue weighted by Crippen LogP contribution is 2.26. The molecule has 1 fully saturated rings. The molecule has 1 aliphatic rings. The molecule has 0 radical (unpaired) electrons. The van der Waals surface area contributed by atoms with Gasteiger partial charge in [-0.1, -0.05) is 18.2 Å². The van der Waals surface area contributed by atoms with Gasteiger partial charge in [-0.05, 0) is 51.3 Å². The Balaban J connectivity index is 1.98. The molecule has 1 aromatic rings. The van der Waals surface area contributed by atoms with E-state index in [9.17, 15) is 14.3 Å². The average Bonchev–Trinajstić information content (AvgIpc) is 2.53. The molecule has 6 heteroatoms. The van der Waals surface area contributed by atoms with E-state index in [4.69, 9.17) is 10.00 Å². The Kier molecular flexibility index (Phi) is 5.48. The second kappa shape index (κ2) is 7.24. The van der Waals surface area contributed by atoms with Gasteiger partial charge in [0, 0.05) is 13.1 Å². The van der Waals surface area contributed by atoms with E-state index in [1.165, 1.54) is 12.1 Å². The van der Waals surface area contributed by atoms with Crippen LogP contribution in [-0.4, -0.2) is 40.4 Å². The van der Waals surface area contributed by atoms with E-state index in [2.05, 4.69) is 0 Å². The number of benzene rings is 1. The molecule has 25 heavy (non-hydrogen) atoms. The Hall–Kier alpha value is -2.39. The van der Waals surface area contributed by atoms with Gasteiger partial charge in [0.15, 0.2) is 0 Å². The third-order valence-corrected chi connectivity index (χ3v) is 3.98. The third-order valence-electron chi connectivity index (χ3n) is 3.98. The molecule has 0 spiro atoms. The van der Waals surface area contributed by atoms with Crippen LogP contribution in [0.15, 0.2) is 24.3 Å². The summed E-state index contributed by atoms with van der Waals surface area (Å²) >= 11 is 0. The van der Waals surface area contributed by atoms with Gasteiger partial charge in [-0.15, -0.1) is 0 Å². The lowest BCUT2D eigenvalue weighted by Crippen LogP contribution is -2.47. The van der Waals surface area contributed by atoms with Crippen LogP contribution in [-0.2, 0) is 4.74 Å². The lowest BCUT2D eigenvalue weighted by atomic mass is 9.90. The number of hydrogen-bond donors (Lipinski definition) is 1. The molecule has 2 rings (SSSR count). The quantitative estimate of drug-likeness (QED) is 0.890. The van der Waals surface area contributed by atoms with E-state index >= 15 is 0 Å². The third kappa shape index (κ3) is 5.30. The normalized spacial score (nSPS) is 17.4. The summed E-state index contributed by atoms with van der Waals surface area (Å²) in [6.45, 7) is 6.22. The van der Waals surface area contributed by atoms with Gasteiger partial charge in [0.25, 0.3) is 0 Å². The van der Waals surface area contributed by atoms with Gasteiger partial charge >= 0.3 is 6.09 Å². The molecule has 0 atom stereocenters. The zero-order valence-corrected chi connectivity index (χ0v) is 14.8. The van der Waals surface area contributed by atoms with Crippen LogP contribution in [0.25, 0.3) is 6.08 Å². The van der Waals surface area contributed by atoms with Crippen LogP contribution in [0.5, 0.6) is 0 Å². The summed E-state index contributed by atoms with van der Waals surface area (Å²) in [5, 5.41) is 19.5. The number of piperidine rings is 1. The number of rotatable bonds is 2. The van der Waals surface area contributed by atoms with Crippen molar-refractivity contribution in [3.63, 3.8) is 0 Å². The summed E-state index contributed by atoms with van der Waals surface area (Å²) in [6, 6.07) is 6.00. The van der Waals surface area contributed by atoms with Crippen molar-refractivity contribution in [3.05, 3.63) is 41.2 Å². The smallest absolute Gasteiger partial charge is 0.410 e.